The number of nitrogens with one attached hydrogen (secondary N) is 1. The zero-order valence-electron chi connectivity index (χ0n) is 18.0. The van der Waals surface area contributed by atoms with Crippen LogP contribution in [0.2, 0.25) is 0 Å². The summed E-state index contributed by atoms with van der Waals surface area (Å²) in [5, 5.41) is 3.28. The summed E-state index contributed by atoms with van der Waals surface area (Å²) < 4.78 is 18.6. The largest absolute Gasteiger partial charge is 0.485 e. The molecule has 3 aromatic carbocycles. The fourth-order valence-corrected chi connectivity index (χ4v) is 3.47. The lowest BCUT2D eigenvalue weighted by Gasteiger charge is -2.21. The first-order chi connectivity index (χ1) is 15.2. The molecular weight excluding hydrogens is 388 g/mol. The maximum absolute atomic E-state index is 6.24. The number of amidine groups is 1. The number of hydrogen-bond donors (Lipinski definition) is 1. The fraction of sp³-hybridized carbons (Fsp3) is 0.269. The Hall–Kier alpha value is -3.47. The maximum atomic E-state index is 6.24. The summed E-state index contributed by atoms with van der Waals surface area (Å²) in [4.78, 5) is 4.47. The molecular formula is C26H28N2O3. The van der Waals surface area contributed by atoms with Gasteiger partial charge in [-0.3, -0.25) is 4.99 Å². The van der Waals surface area contributed by atoms with Crippen LogP contribution in [0.5, 0.6) is 17.2 Å². The van der Waals surface area contributed by atoms with Crippen LogP contribution in [0.15, 0.2) is 77.8 Å². The number of nitrogens with zero attached hydrogens (tertiary/aromatic N) is 1. The van der Waals surface area contributed by atoms with Crippen LogP contribution in [0, 0.1) is 6.92 Å². The molecule has 0 bridgehead atoms. The Morgan fingerprint density at radius 2 is 1.45 bits per heavy atom. The molecule has 0 spiro atoms. The summed E-state index contributed by atoms with van der Waals surface area (Å²) >= 11 is 0. The summed E-state index contributed by atoms with van der Waals surface area (Å²) in [6.07, 6.45) is -0.153. The average molecular weight is 417 g/mol. The second kappa shape index (κ2) is 10.0. The van der Waals surface area contributed by atoms with Crippen LogP contribution in [0.25, 0.3) is 0 Å². The second-order valence-electron chi connectivity index (χ2n) is 7.52. The zero-order valence-corrected chi connectivity index (χ0v) is 18.0. The minimum atomic E-state index is -0.153. The lowest BCUT2D eigenvalue weighted by atomic mass is 10.1. The Labute approximate surface area is 183 Å². The normalized spacial score (nSPS) is 13.8. The standard InChI is InChI=1S/C26H28N2O3/c1-19-23(31-20(2)26-27-15-16-28-26)13-14-24(29-17-21-9-5-3-6-10-21)25(19)30-18-22-11-7-4-8-12-22/h3-14,20H,15-18H2,1-2H3,(H,27,28). The van der Waals surface area contributed by atoms with E-state index in [0.29, 0.717) is 24.7 Å². The molecule has 1 N–H and O–H groups in total. The van der Waals surface area contributed by atoms with Gasteiger partial charge in [0.25, 0.3) is 0 Å². The van der Waals surface area contributed by atoms with Gasteiger partial charge in [0.2, 0.25) is 0 Å². The van der Waals surface area contributed by atoms with Gasteiger partial charge in [-0.05, 0) is 37.1 Å². The van der Waals surface area contributed by atoms with Crippen LogP contribution >= 0.6 is 0 Å². The number of aliphatic imine (C=N–C) groups is 1. The van der Waals surface area contributed by atoms with Crippen LogP contribution in [-0.2, 0) is 13.2 Å². The van der Waals surface area contributed by atoms with Crippen molar-refractivity contribution in [2.24, 2.45) is 4.99 Å². The Morgan fingerprint density at radius 3 is 2.06 bits per heavy atom. The maximum Gasteiger partial charge on any atom is 0.168 e. The third-order valence-corrected chi connectivity index (χ3v) is 5.17. The van der Waals surface area contributed by atoms with E-state index in [1.807, 2.05) is 86.6 Å². The van der Waals surface area contributed by atoms with E-state index in [9.17, 15) is 0 Å². The molecule has 160 valence electrons. The van der Waals surface area contributed by atoms with Crippen molar-refractivity contribution in [3.8, 4) is 17.2 Å². The third-order valence-electron chi connectivity index (χ3n) is 5.17. The van der Waals surface area contributed by atoms with Crippen molar-refractivity contribution in [1.82, 2.24) is 5.32 Å². The molecule has 0 aliphatic carbocycles. The highest BCUT2D eigenvalue weighted by molar-refractivity contribution is 5.87. The number of benzene rings is 3. The molecule has 1 heterocycles. The number of hydrogen-bond acceptors (Lipinski definition) is 5. The first-order valence-electron chi connectivity index (χ1n) is 10.6. The molecule has 31 heavy (non-hydrogen) atoms. The summed E-state index contributed by atoms with van der Waals surface area (Å²) in [5.74, 6) is 3.05. The molecule has 0 aromatic heterocycles. The smallest absolute Gasteiger partial charge is 0.168 e. The van der Waals surface area contributed by atoms with Gasteiger partial charge < -0.3 is 19.5 Å². The van der Waals surface area contributed by atoms with Gasteiger partial charge in [-0.1, -0.05) is 60.7 Å². The molecule has 5 nitrogen and oxygen atoms in total. The van der Waals surface area contributed by atoms with Crippen LogP contribution in [-0.4, -0.2) is 25.0 Å². The van der Waals surface area contributed by atoms with E-state index in [0.717, 1.165) is 41.4 Å². The van der Waals surface area contributed by atoms with E-state index in [1.165, 1.54) is 0 Å². The zero-order chi connectivity index (χ0) is 21.5. The van der Waals surface area contributed by atoms with Crippen molar-refractivity contribution in [2.75, 3.05) is 13.1 Å². The average Bonchev–Trinajstić information content (AvgIpc) is 3.35. The SMILES string of the molecule is Cc1c(OC(C)C2=NCCN2)ccc(OCc2ccccc2)c1OCc1ccccc1. The van der Waals surface area contributed by atoms with E-state index in [1.54, 1.807) is 0 Å². The van der Waals surface area contributed by atoms with Crippen molar-refractivity contribution in [2.45, 2.75) is 33.2 Å². The lowest BCUT2D eigenvalue weighted by Crippen LogP contribution is -2.33. The van der Waals surface area contributed by atoms with Gasteiger partial charge in [0.15, 0.2) is 17.6 Å². The quantitative estimate of drug-likeness (QED) is 0.538. The Bertz CT molecular complexity index is 1020. The second-order valence-corrected chi connectivity index (χ2v) is 7.52. The van der Waals surface area contributed by atoms with Crippen LogP contribution in [0.3, 0.4) is 0 Å². The molecule has 1 aliphatic rings. The molecule has 0 fully saturated rings. The topological polar surface area (TPSA) is 52.1 Å². The summed E-state index contributed by atoms with van der Waals surface area (Å²) in [6, 6.07) is 24.1. The van der Waals surface area contributed by atoms with E-state index in [4.69, 9.17) is 14.2 Å². The molecule has 0 saturated carbocycles. The van der Waals surface area contributed by atoms with Gasteiger partial charge in [0, 0.05) is 12.1 Å². The monoisotopic (exact) mass is 416 g/mol. The van der Waals surface area contributed by atoms with Crippen LogP contribution in [0.4, 0.5) is 0 Å². The van der Waals surface area contributed by atoms with Crippen molar-refractivity contribution in [3.05, 3.63) is 89.5 Å². The molecule has 1 aliphatic heterocycles. The van der Waals surface area contributed by atoms with Gasteiger partial charge >= 0.3 is 0 Å². The highest BCUT2D eigenvalue weighted by Crippen LogP contribution is 2.38. The Kier molecular flexibility index (Phi) is 6.72. The van der Waals surface area contributed by atoms with Crippen molar-refractivity contribution in [3.63, 3.8) is 0 Å². The molecule has 0 radical (unpaired) electrons. The fourth-order valence-electron chi connectivity index (χ4n) is 3.47. The van der Waals surface area contributed by atoms with Crippen LogP contribution in [0.1, 0.15) is 23.6 Å². The van der Waals surface area contributed by atoms with E-state index in [-0.39, 0.29) is 6.10 Å². The van der Waals surface area contributed by atoms with Gasteiger partial charge in [-0.15, -0.1) is 0 Å². The molecule has 4 rings (SSSR count). The van der Waals surface area contributed by atoms with E-state index in [2.05, 4.69) is 10.3 Å². The summed E-state index contributed by atoms with van der Waals surface area (Å²) in [7, 11) is 0. The highest BCUT2D eigenvalue weighted by atomic mass is 16.5. The Balaban J connectivity index is 1.55. The van der Waals surface area contributed by atoms with Crippen molar-refractivity contribution >= 4 is 5.84 Å². The Morgan fingerprint density at radius 1 is 0.839 bits per heavy atom. The minimum absolute atomic E-state index is 0.153. The predicted molar refractivity (Wildman–Crippen MR) is 123 cm³/mol. The van der Waals surface area contributed by atoms with E-state index < -0.39 is 0 Å². The first kappa shape index (κ1) is 20.8. The van der Waals surface area contributed by atoms with Crippen molar-refractivity contribution < 1.29 is 14.2 Å². The molecule has 0 saturated heterocycles. The lowest BCUT2D eigenvalue weighted by molar-refractivity contribution is 0.246. The van der Waals surface area contributed by atoms with E-state index >= 15 is 0 Å². The summed E-state index contributed by atoms with van der Waals surface area (Å²) in [5.41, 5.74) is 3.11. The highest BCUT2D eigenvalue weighted by Gasteiger charge is 2.20. The van der Waals surface area contributed by atoms with Crippen molar-refractivity contribution in [1.29, 1.82) is 0 Å². The van der Waals surface area contributed by atoms with Gasteiger partial charge in [0.05, 0.1) is 6.54 Å². The number of rotatable bonds is 9. The summed E-state index contributed by atoms with van der Waals surface area (Å²) in [6.45, 7) is 6.58. The van der Waals surface area contributed by atoms with Crippen LogP contribution < -0.4 is 19.5 Å². The molecule has 5 heteroatoms. The minimum Gasteiger partial charge on any atom is -0.485 e. The molecule has 0 amide bonds. The van der Waals surface area contributed by atoms with Gasteiger partial charge in [-0.2, -0.15) is 0 Å². The molecule has 1 atom stereocenters. The van der Waals surface area contributed by atoms with Gasteiger partial charge in [-0.25, -0.2) is 0 Å². The predicted octanol–water partition coefficient (Wildman–Crippen LogP) is 4.92. The number of ether oxygens (including phenoxy) is 3. The third kappa shape index (κ3) is 5.37. The molecule has 1 unspecified atom stereocenters. The first-order valence-corrected chi connectivity index (χ1v) is 10.6. The molecule has 3 aromatic rings. The van der Waals surface area contributed by atoms with Gasteiger partial charge in [0.1, 0.15) is 24.8 Å².